The van der Waals surface area contributed by atoms with Gasteiger partial charge in [0.15, 0.2) is 0 Å². The van der Waals surface area contributed by atoms with Gasteiger partial charge in [0.1, 0.15) is 17.1 Å². The molecule has 1 aliphatic heterocycles. The number of carbonyl (C=O) groups is 1. The highest BCUT2D eigenvalue weighted by Crippen LogP contribution is 2.53. The molecule has 0 saturated heterocycles. The second kappa shape index (κ2) is 7.31. The third kappa shape index (κ3) is 3.58. The minimum atomic E-state index is -0.527. The van der Waals surface area contributed by atoms with Crippen LogP contribution in [0.5, 0.6) is 11.5 Å². The maximum Gasteiger partial charge on any atom is 0.413 e. The number of amides is 1. The summed E-state index contributed by atoms with van der Waals surface area (Å²) in [7, 11) is 0. The third-order valence-electron chi connectivity index (χ3n) is 5.50. The molecule has 5 nitrogen and oxygen atoms in total. The second-order valence-electron chi connectivity index (χ2n) is 7.92. The van der Waals surface area contributed by atoms with Gasteiger partial charge in [0, 0.05) is 17.4 Å². The van der Waals surface area contributed by atoms with Gasteiger partial charge in [-0.1, -0.05) is 25.0 Å². The topological polar surface area (TPSA) is 73.6 Å². The minimum absolute atomic E-state index is 0.0459. The number of allylic oxidation sites excluding steroid dienone is 2. The van der Waals surface area contributed by atoms with Crippen LogP contribution in [0.2, 0.25) is 0 Å². The van der Waals surface area contributed by atoms with Crippen molar-refractivity contribution in [2.75, 3.05) is 6.67 Å². The van der Waals surface area contributed by atoms with E-state index in [1.807, 2.05) is 6.07 Å². The average Bonchev–Trinajstić information content (AvgIpc) is 2.54. The minimum Gasteiger partial charge on any atom is -0.487 e. The van der Waals surface area contributed by atoms with Crippen LogP contribution in [0, 0.1) is 5.92 Å². The van der Waals surface area contributed by atoms with Gasteiger partial charge in [-0.05, 0) is 57.7 Å². The molecule has 0 radical (unpaired) electrons. The third-order valence-corrected chi connectivity index (χ3v) is 5.50. The fraction of sp³-hybridized carbons (Fsp3) is 0.571. The second-order valence-corrected chi connectivity index (χ2v) is 7.92. The zero-order valence-electron chi connectivity index (χ0n) is 16.2. The Balaban J connectivity index is 2.12. The van der Waals surface area contributed by atoms with E-state index in [0.717, 1.165) is 42.6 Å². The van der Waals surface area contributed by atoms with E-state index >= 15 is 0 Å². The summed E-state index contributed by atoms with van der Waals surface area (Å²) in [5.74, 6) is 1.98. The molecule has 2 aliphatic rings. The van der Waals surface area contributed by atoms with E-state index in [2.05, 4.69) is 45.2 Å². The molecule has 1 aromatic carbocycles. The summed E-state index contributed by atoms with van der Waals surface area (Å²) in [6.07, 6.45) is 5.88. The summed E-state index contributed by atoms with van der Waals surface area (Å²) < 4.78 is 12.1. The lowest BCUT2D eigenvalue weighted by Crippen LogP contribution is -2.45. The van der Waals surface area contributed by atoms with Crippen molar-refractivity contribution >= 4 is 6.09 Å². The first kappa shape index (κ1) is 18.8. The Bertz CT molecular complexity index is 724. The van der Waals surface area contributed by atoms with Crippen molar-refractivity contribution in [1.29, 1.82) is 0 Å². The number of fused-ring (bicyclic) bond motifs is 3. The summed E-state index contributed by atoms with van der Waals surface area (Å²) >= 11 is 0. The normalized spacial score (nSPS) is 23.2. The molecule has 3 rings (SSSR count). The van der Waals surface area contributed by atoms with Crippen LogP contribution in [-0.2, 0) is 6.42 Å². The molecule has 5 heteroatoms. The highest BCUT2D eigenvalue weighted by molar-refractivity contribution is 5.72. The quantitative estimate of drug-likeness (QED) is 0.623. The van der Waals surface area contributed by atoms with Crippen molar-refractivity contribution in [3.8, 4) is 11.5 Å². The maximum absolute atomic E-state index is 12.0. The van der Waals surface area contributed by atoms with Gasteiger partial charge in [0.05, 0.1) is 6.67 Å². The van der Waals surface area contributed by atoms with E-state index in [4.69, 9.17) is 15.2 Å². The lowest BCUT2D eigenvalue weighted by Gasteiger charge is -2.46. The summed E-state index contributed by atoms with van der Waals surface area (Å²) in [6.45, 7) is 8.68. The molecule has 1 amide bonds. The summed E-state index contributed by atoms with van der Waals surface area (Å²) in [5.41, 5.74) is 8.64. The predicted octanol–water partition coefficient (Wildman–Crippen LogP) is 4.25. The number of nitrogens with two attached hydrogens (primary N) is 1. The van der Waals surface area contributed by atoms with E-state index in [0.29, 0.717) is 11.7 Å². The molecule has 2 unspecified atom stereocenters. The number of hydrogen-bond donors (Lipinski definition) is 2. The summed E-state index contributed by atoms with van der Waals surface area (Å²) in [4.78, 5) is 12.0. The lowest BCUT2D eigenvalue weighted by molar-refractivity contribution is 0.0108. The molecular weight excluding hydrogens is 328 g/mol. The van der Waals surface area contributed by atoms with Crippen molar-refractivity contribution in [3.63, 3.8) is 0 Å². The fourth-order valence-electron chi connectivity index (χ4n) is 4.30. The Hall–Kier alpha value is -2.01. The van der Waals surface area contributed by atoms with Gasteiger partial charge in [0.25, 0.3) is 0 Å². The summed E-state index contributed by atoms with van der Waals surface area (Å²) in [5, 5.41) is 2.51. The van der Waals surface area contributed by atoms with Crippen LogP contribution in [0.1, 0.15) is 64.0 Å². The van der Waals surface area contributed by atoms with Crippen molar-refractivity contribution in [2.45, 2.75) is 64.9 Å². The zero-order valence-corrected chi connectivity index (χ0v) is 16.2. The van der Waals surface area contributed by atoms with Crippen LogP contribution in [-0.4, -0.2) is 18.4 Å². The number of nitrogens with one attached hydrogen (secondary N) is 1. The Kier molecular flexibility index (Phi) is 5.28. The Morgan fingerprint density at radius 3 is 2.88 bits per heavy atom. The van der Waals surface area contributed by atoms with Gasteiger partial charge in [-0.2, -0.15) is 0 Å². The number of carbonyl (C=O) groups excluding carboxylic acids is 1. The van der Waals surface area contributed by atoms with E-state index < -0.39 is 6.09 Å². The number of benzene rings is 1. The molecule has 26 heavy (non-hydrogen) atoms. The van der Waals surface area contributed by atoms with Gasteiger partial charge < -0.3 is 20.5 Å². The summed E-state index contributed by atoms with van der Waals surface area (Å²) in [6, 6.07) is 4.09. The van der Waals surface area contributed by atoms with Crippen molar-refractivity contribution in [1.82, 2.24) is 5.32 Å². The molecule has 1 heterocycles. The van der Waals surface area contributed by atoms with Gasteiger partial charge in [0.2, 0.25) is 0 Å². The Morgan fingerprint density at radius 1 is 1.42 bits per heavy atom. The number of rotatable bonds is 4. The molecule has 0 spiro atoms. The largest absolute Gasteiger partial charge is 0.487 e. The molecule has 0 saturated carbocycles. The van der Waals surface area contributed by atoms with Gasteiger partial charge >= 0.3 is 6.09 Å². The van der Waals surface area contributed by atoms with Crippen molar-refractivity contribution < 1.29 is 14.3 Å². The lowest BCUT2D eigenvalue weighted by atomic mass is 9.68. The zero-order chi connectivity index (χ0) is 18.9. The molecule has 0 fully saturated rings. The molecule has 3 N–H and O–H groups in total. The maximum atomic E-state index is 12.0. The van der Waals surface area contributed by atoms with Crippen LogP contribution >= 0.6 is 0 Å². The Morgan fingerprint density at radius 2 is 2.19 bits per heavy atom. The fourth-order valence-corrected chi connectivity index (χ4v) is 4.30. The van der Waals surface area contributed by atoms with E-state index in [9.17, 15) is 4.79 Å². The standard InChI is InChI=1S/C21H30N2O3/c1-5-6-14-10-17(25-20(24)23-12-22)19-15-9-13(2)7-8-16(15)21(3,4)26-18(19)11-14/h9-11,15-16H,5-8,12,22H2,1-4H3,(H,23,24). The van der Waals surface area contributed by atoms with Crippen molar-refractivity contribution in [3.05, 3.63) is 34.9 Å². The number of aryl methyl sites for hydroxylation is 1. The first-order valence-electron chi connectivity index (χ1n) is 9.54. The number of hydrogen-bond acceptors (Lipinski definition) is 4. The van der Waals surface area contributed by atoms with Gasteiger partial charge in [-0.25, -0.2) is 4.79 Å². The Labute approximate surface area is 155 Å². The molecule has 2 atom stereocenters. The molecule has 0 aromatic heterocycles. The number of ether oxygens (including phenoxy) is 2. The van der Waals surface area contributed by atoms with E-state index in [1.54, 1.807) is 0 Å². The first-order valence-corrected chi connectivity index (χ1v) is 9.54. The van der Waals surface area contributed by atoms with Crippen LogP contribution in [0.15, 0.2) is 23.8 Å². The molecule has 0 bridgehead atoms. The first-order chi connectivity index (χ1) is 12.4. The molecule has 1 aromatic rings. The SMILES string of the molecule is CCCc1cc(OC(=O)NCN)c2c(c1)OC(C)(C)C1CCC(C)=CC21. The van der Waals surface area contributed by atoms with Crippen molar-refractivity contribution in [2.24, 2.45) is 11.7 Å². The highest BCUT2D eigenvalue weighted by atomic mass is 16.6. The van der Waals surface area contributed by atoms with Crippen LogP contribution < -0.4 is 20.5 Å². The monoisotopic (exact) mass is 358 g/mol. The van der Waals surface area contributed by atoms with Crippen LogP contribution in [0.4, 0.5) is 4.79 Å². The van der Waals surface area contributed by atoms with E-state index in [-0.39, 0.29) is 18.2 Å². The molecular formula is C21H30N2O3. The average molecular weight is 358 g/mol. The molecule has 1 aliphatic carbocycles. The predicted molar refractivity (Wildman–Crippen MR) is 103 cm³/mol. The van der Waals surface area contributed by atoms with E-state index in [1.165, 1.54) is 5.57 Å². The van der Waals surface area contributed by atoms with Gasteiger partial charge in [-0.3, -0.25) is 0 Å². The molecule has 142 valence electrons. The van der Waals surface area contributed by atoms with Crippen LogP contribution in [0.3, 0.4) is 0 Å². The smallest absolute Gasteiger partial charge is 0.413 e. The van der Waals surface area contributed by atoms with Crippen LogP contribution in [0.25, 0.3) is 0 Å². The highest BCUT2D eigenvalue weighted by Gasteiger charge is 2.45. The van der Waals surface area contributed by atoms with Gasteiger partial charge in [-0.15, -0.1) is 0 Å².